The maximum Gasteiger partial charge on any atom is 0.255 e. The lowest BCUT2D eigenvalue weighted by Gasteiger charge is -2.09. The van der Waals surface area contributed by atoms with E-state index >= 15 is 0 Å². The summed E-state index contributed by atoms with van der Waals surface area (Å²) in [5.74, 6) is 0.535. The molecule has 2 aromatic heterocycles. The summed E-state index contributed by atoms with van der Waals surface area (Å²) in [7, 11) is 0. The smallest absolute Gasteiger partial charge is 0.255 e. The van der Waals surface area contributed by atoms with Crippen molar-refractivity contribution in [1.29, 1.82) is 0 Å². The van der Waals surface area contributed by atoms with Gasteiger partial charge < -0.3 is 5.32 Å². The molecule has 0 atom stereocenters. The Morgan fingerprint density at radius 1 is 1.08 bits per heavy atom. The van der Waals surface area contributed by atoms with Gasteiger partial charge in [-0.3, -0.25) is 9.20 Å². The molecular weight excluding hydrogens is 324 g/mol. The molecule has 0 saturated heterocycles. The van der Waals surface area contributed by atoms with Crippen molar-refractivity contribution in [2.24, 2.45) is 0 Å². The van der Waals surface area contributed by atoms with Crippen LogP contribution in [0.4, 0.5) is 5.69 Å². The number of nitrogens with zero attached hydrogens (tertiary/aromatic N) is 3. The molecule has 0 aliphatic heterocycles. The molecule has 0 bridgehead atoms. The van der Waals surface area contributed by atoms with Gasteiger partial charge in [0.2, 0.25) is 5.78 Å². The second-order valence-corrected chi connectivity index (χ2v) is 6.31. The number of nitrogens with one attached hydrogen (secondary N) is 1. The third-order valence-electron chi connectivity index (χ3n) is 4.29. The lowest BCUT2D eigenvalue weighted by Crippen LogP contribution is -2.13. The fourth-order valence-electron chi connectivity index (χ4n) is 2.90. The summed E-state index contributed by atoms with van der Waals surface area (Å²) in [5, 5.41) is 2.98. The Hall–Kier alpha value is -3.47. The van der Waals surface area contributed by atoms with E-state index in [1.165, 1.54) is 0 Å². The first-order chi connectivity index (χ1) is 12.6. The van der Waals surface area contributed by atoms with Crippen LogP contribution < -0.4 is 5.32 Å². The van der Waals surface area contributed by atoms with E-state index in [0.29, 0.717) is 11.3 Å². The van der Waals surface area contributed by atoms with Crippen molar-refractivity contribution in [3.8, 4) is 11.3 Å². The second-order valence-electron chi connectivity index (χ2n) is 6.31. The molecule has 0 aliphatic carbocycles. The van der Waals surface area contributed by atoms with Crippen molar-refractivity contribution in [2.45, 2.75) is 13.8 Å². The number of aryl methyl sites for hydroxylation is 2. The number of carbonyl (C=O) groups is 1. The van der Waals surface area contributed by atoms with E-state index in [0.717, 1.165) is 28.1 Å². The minimum absolute atomic E-state index is 0.111. The highest BCUT2D eigenvalue weighted by Gasteiger charge is 2.11. The predicted octanol–water partition coefficient (Wildman–Crippen LogP) is 4.27. The highest BCUT2D eigenvalue weighted by Crippen LogP contribution is 2.23. The van der Waals surface area contributed by atoms with Gasteiger partial charge in [-0.05, 0) is 43.7 Å². The summed E-state index contributed by atoms with van der Waals surface area (Å²) in [5.41, 5.74) is 5.17. The maximum atomic E-state index is 12.6. The van der Waals surface area contributed by atoms with Gasteiger partial charge in [-0.25, -0.2) is 9.97 Å². The molecule has 1 amide bonds. The summed E-state index contributed by atoms with van der Waals surface area (Å²) in [6, 6.07) is 15.4. The molecule has 0 unspecified atom stereocenters. The van der Waals surface area contributed by atoms with E-state index in [1.807, 2.05) is 79.2 Å². The van der Waals surface area contributed by atoms with Crippen molar-refractivity contribution in [1.82, 2.24) is 14.4 Å². The van der Waals surface area contributed by atoms with Crippen LogP contribution in [0.5, 0.6) is 0 Å². The number of hydrogen-bond donors (Lipinski definition) is 1. The lowest BCUT2D eigenvalue weighted by atomic mass is 10.0. The number of imidazole rings is 1. The van der Waals surface area contributed by atoms with Crippen molar-refractivity contribution in [3.63, 3.8) is 0 Å². The van der Waals surface area contributed by atoms with E-state index in [2.05, 4.69) is 15.3 Å². The number of fused-ring (bicyclic) bond motifs is 1. The lowest BCUT2D eigenvalue weighted by molar-refractivity contribution is 0.102. The molecular formula is C21H18N4O. The summed E-state index contributed by atoms with van der Waals surface area (Å²) in [6.07, 6.45) is 5.55. The summed E-state index contributed by atoms with van der Waals surface area (Å²) in [4.78, 5) is 21.4. The quantitative estimate of drug-likeness (QED) is 0.605. The number of rotatable bonds is 3. The Kier molecular flexibility index (Phi) is 3.97. The number of aromatic nitrogens is 3. The van der Waals surface area contributed by atoms with Gasteiger partial charge >= 0.3 is 0 Å². The van der Waals surface area contributed by atoms with Gasteiger partial charge in [-0.1, -0.05) is 29.8 Å². The molecule has 0 aliphatic rings. The molecule has 5 nitrogen and oxygen atoms in total. The van der Waals surface area contributed by atoms with Gasteiger partial charge in [0, 0.05) is 35.4 Å². The predicted molar refractivity (Wildman–Crippen MR) is 102 cm³/mol. The first kappa shape index (κ1) is 16.0. The summed E-state index contributed by atoms with van der Waals surface area (Å²) < 4.78 is 1.87. The largest absolute Gasteiger partial charge is 0.322 e. The van der Waals surface area contributed by atoms with Gasteiger partial charge in [0.05, 0.1) is 5.69 Å². The van der Waals surface area contributed by atoms with Crippen LogP contribution in [-0.4, -0.2) is 20.3 Å². The Morgan fingerprint density at radius 2 is 1.96 bits per heavy atom. The van der Waals surface area contributed by atoms with Crippen LogP contribution in [-0.2, 0) is 0 Å². The van der Waals surface area contributed by atoms with Crippen LogP contribution in [0.2, 0.25) is 0 Å². The monoisotopic (exact) mass is 342 g/mol. The Morgan fingerprint density at radius 3 is 2.81 bits per heavy atom. The molecule has 1 N–H and O–H groups in total. The van der Waals surface area contributed by atoms with Crippen LogP contribution in [0.25, 0.3) is 17.0 Å². The molecule has 0 fully saturated rings. The average molecular weight is 342 g/mol. The van der Waals surface area contributed by atoms with Gasteiger partial charge in [0.1, 0.15) is 0 Å². The van der Waals surface area contributed by atoms with Gasteiger partial charge in [-0.15, -0.1) is 0 Å². The summed E-state index contributed by atoms with van der Waals surface area (Å²) in [6.45, 7) is 3.92. The zero-order chi connectivity index (χ0) is 18.1. The third kappa shape index (κ3) is 3.07. The van der Waals surface area contributed by atoms with Crippen molar-refractivity contribution in [3.05, 3.63) is 83.8 Å². The minimum atomic E-state index is -0.111. The highest BCUT2D eigenvalue weighted by atomic mass is 16.1. The first-order valence-electron chi connectivity index (χ1n) is 8.39. The molecule has 26 heavy (non-hydrogen) atoms. The van der Waals surface area contributed by atoms with E-state index < -0.39 is 0 Å². The molecule has 0 radical (unpaired) electrons. The fraction of sp³-hybridized carbons (Fsp3) is 0.0952. The Labute approximate surface area is 151 Å². The zero-order valence-electron chi connectivity index (χ0n) is 14.6. The molecule has 5 heteroatoms. The number of benzene rings is 2. The number of anilines is 1. The highest BCUT2D eigenvalue weighted by molar-refractivity contribution is 6.05. The third-order valence-corrected chi connectivity index (χ3v) is 4.29. The van der Waals surface area contributed by atoms with Crippen LogP contribution in [0.1, 0.15) is 21.5 Å². The van der Waals surface area contributed by atoms with Gasteiger partial charge in [0.15, 0.2) is 0 Å². The standard InChI is InChI=1S/C21H18N4O/c1-14-7-8-15(2)18(11-14)20(26)23-17-6-3-5-16(12-17)19-13-25-10-4-9-22-21(25)24-19/h3-13H,1-2H3,(H,23,26). The van der Waals surface area contributed by atoms with Crippen molar-refractivity contribution >= 4 is 17.4 Å². The van der Waals surface area contributed by atoms with E-state index in [1.54, 1.807) is 6.20 Å². The van der Waals surface area contributed by atoms with Crippen LogP contribution in [0, 0.1) is 13.8 Å². The van der Waals surface area contributed by atoms with E-state index in [9.17, 15) is 4.79 Å². The maximum absolute atomic E-state index is 12.6. The number of amides is 1. The molecule has 4 rings (SSSR count). The molecule has 4 aromatic rings. The number of carbonyl (C=O) groups excluding carboxylic acids is 1. The van der Waals surface area contributed by atoms with Crippen molar-refractivity contribution in [2.75, 3.05) is 5.32 Å². The SMILES string of the molecule is Cc1ccc(C)c(C(=O)Nc2cccc(-c3cn4cccnc4n3)c2)c1. The van der Waals surface area contributed by atoms with Gasteiger partial charge in [0.25, 0.3) is 5.91 Å². The zero-order valence-corrected chi connectivity index (χ0v) is 14.6. The molecule has 128 valence electrons. The molecule has 0 saturated carbocycles. The molecule has 2 heterocycles. The minimum Gasteiger partial charge on any atom is -0.322 e. The first-order valence-corrected chi connectivity index (χ1v) is 8.39. The average Bonchev–Trinajstić information content (AvgIpc) is 3.08. The summed E-state index contributed by atoms with van der Waals surface area (Å²) >= 11 is 0. The fourth-order valence-corrected chi connectivity index (χ4v) is 2.90. The van der Waals surface area contributed by atoms with Gasteiger partial charge in [-0.2, -0.15) is 0 Å². The topological polar surface area (TPSA) is 59.3 Å². The second kappa shape index (κ2) is 6.44. The van der Waals surface area contributed by atoms with Crippen molar-refractivity contribution < 1.29 is 4.79 Å². The van der Waals surface area contributed by atoms with Crippen LogP contribution >= 0.6 is 0 Å². The van der Waals surface area contributed by atoms with E-state index in [4.69, 9.17) is 0 Å². The molecule has 0 spiro atoms. The van der Waals surface area contributed by atoms with Crippen LogP contribution in [0.3, 0.4) is 0 Å². The number of hydrogen-bond acceptors (Lipinski definition) is 3. The van der Waals surface area contributed by atoms with E-state index in [-0.39, 0.29) is 5.91 Å². The van der Waals surface area contributed by atoms with Crippen LogP contribution in [0.15, 0.2) is 67.1 Å². The Bertz CT molecular complexity index is 1080. The normalized spacial score (nSPS) is 10.8. The molecule has 2 aromatic carbocycles. The Balaban J connectivity index is 1.63.